The Hall–Kier alpha value is -2.04. The molecule has 2 atom stereocenters. The Morgan fingerprint density at radius 3 is 2.32 bits per heavy atom. The molecule has 120 valence electrons. The third-order valence-electron chi connectivity index (χ3n) is 3.78. The van der Waals surface area contributed by atoms with Crippen LogP contribution >= 0.6 is 0 Å². The van der Waals surface area contributed by atoms with Gasteiger partial charge in [0.25, 0.3) is 0 Å². The summed E-state index contributed by atoms with van der Waals surface area (Å²) in [5.74, 6) is -1.19. The van der Waals surface area contributed by atoms with Crippen molar-refractivity contribution in [3.8, 4) is 0 Å². The largest absolute Gasteiger partial charge is 0.480 e. The van der Waals surface area contributed by atoms with Crippen molar-refractivity contribution in [3.63, 3.8) is 0 Å². The highest BCUT2D eigenvalue weighted by Gasteiger charge is 2.44. The monoisotopic (exact) mass is 305 g/mol. The number of aliphatic carboxylic acids is 1. The standard InChI is InChI=1S/C17H23NO4/c1-11-5-7-12(8-6-11)13-9-10-18(14(13)15(19)20)16(21)22-17(2,3)4/h5-8,13-14H,9-10H2,1-4H3,(H,19,20)/t13-,14+/m1/s1. The smallest absolute Gasteiger partial charge is 0.411 e. The van der Waals surface area contributed by atoms with Gasteiger partial charge in [0.2, 0.25) is 0 Å². The average Bonchev–Trinajstić information content (AvgIpc) is 2.82. The number of hydrogen-bond acceptors (Lipinski definition) is 3. The highest BCUT2D eigenvalue weighted by atomic mass is 16.6. The molecule has 1 aromatic carbocycles. The van der Waals surface area contributed by atoms with Gasteiger partial charge in [0.05, 0.1) is 0 Å². The number of carbonyl (C=O) groups excluding carboxylic acids is 1. The van der Waals surface area contributed by atoms with E-state index in [1.165, 1.54) is 4.90 Å². The molecule has 2 rings (SSSR count). The summed E-state index contributed by atoms with van der Waals surface area (Å²) in [5.41, 5.74) is 1.43. The number of ether oxygens (including phenoxy) is 1. The second-order valence-corrected chi connectivity index (χ2v) is 6.76. The van der Waals surface area contributed by atoms with Crippen LogP contribution in [0, 0.1) is 6.92 Å². The molecule has 0 bridgehead atoms. The molecule has 0 unspecified atom stereocenters. The van der Waals surface area contributed by atoms with E-state index < -0.39 is 23.7 Å². The van der Waals surface area contributed by atoms with Crippen molar-refractivity contribution < 1.29 is 19.4 Å². The molecule has 1 saturated heterocycles. The predicted molar refractivity (Wildman–Crippen MR) is 82.9 cm³/mol. The van der Waals surface area contributed by atoms with Crippen LogP contribution in [-0.4, -0.2) is 40.3 Å². The van der Waals surface area contributed by atoms with Crippen LogP contribution in [0.3, 0.4) is 0 Å². The van der Waals surface area contributed by atoms with Gasteiger partial charge < -0.3 is 9.84 Å². The molecule has 1 aliphatic rings. The van der Waals surface area contributed by atoms with Gasteiger partial charge >= 0.3 is 12.1 Å². The lowest BCUT2D eigenvalue weighted by atomic mass is 9.91. The molecule has 0 aliphatic carbocycles. The van der Waals surface area contributed by atoms with Crippen LogP contribution in [0.25, 0.3) is 0 Å². The lowest BCUT2D eigenvalue weighted by Crippen LogP contribution is -2.45. The van der Waals surface area contributed by atoms with Crippen LogP contribution < -0.4 is 0 Å². The molecule has 0 spiro atoms. The zero-order valence-electron chi connectivity index (χ0n) is 13.5. The third kappa shape index (κ3) is 3.59. The van der Waals surface area contributed by atoms with Crippen molar-refractivity contribution in [2.75, 3.05) is 6.54 Å². The van der Waals surface area contributed by atoms with Crippen molar-refractivity contribution >= 4 is 12.1 Å². The number of amides is 1. The van der Waals surface area contributed by atoms with Gasteiger partial charge in [0.1, 0.15) is 11.6 Å². The Morgan fingerprint density at radius 1 is 1.23 bits per heavy atom. The Kier molecular flexibility index (Phi) is 4.44. The molecule has 1 N–H and O–H groups in total. The molecular formula is C17H23NO4. The molecule has 5 heteroatoms. The SMILES string of the molecule is Cc1ccc([C@H]2CCN(C(=O)OC(C)(C)C)[C@@H]2C(=O)O)cc1. The fraction of sp³-hybridized carbons (Fsp3) is 0.529. The lowest BCUT2D eigenvalue weighted by Gasteiger charge is -2.28. The topological polar surface area (TPSA) is 66.8 Å². The van der Waals surface area contributed by atoms with E-state index in [4.69, 9.17) is 4.74 Å². The highest BCUT2D eigenvalue weighted by molar-refractivity contribution is 5.82. The minimum absolute atomic E-state index is 0.203. The fourth-order valence-electron chi connectivity index (χ4n) is 2.79. The molecule has 22 heavy (non-hydrogen) atoms. The number of likely N-dealkylation sites (tertiary alicyclic amines) is 1. The van der Waals surface area contributed by atoms with Crippen molar-refractivity contribution in [1.82, 2.24) is 4.90 Å². The summed E-state index contributed by atoms with van der Waals surface area (Å²) < 4.78 is 5.33. The summed E-state index contributed by atoms with van der Waals surface area (Å²) in [4.78, 5) is 25.3. The van der Waals surface area contributed by atoms with Crippen LogP contribution in [0.1, 0.15) is 44.2 Å². The summed E-state index contributed by atoms with van der Waals surface area (Å²) in [6.45, 7) is 7.70. The maximum Gasteiger partial charge on any atom is 0.411 e. The first-order valence-corrected chi connectivity index (χ1v) is 7.48. The van der Waals surface area contributed by atoms with E-state index in [9.17, 15) is 14.7 Å². The summed E-state index contributed by atoms with van der Waals surface area (Å²) in [6.07, 6.45) is 0.0636. The lowest BCUT2D eigenvalue weighted by molar-refractivity contribution is -0.142. The Labute approximate surface area is 130 Å². The molecule has 1 aromatic rings. The first-order chi connectivity index (χ1) is 10.2. The van der Waals surface area contributed by atoms with Crippen LogP contribution in [0.4, 0.5) is 4.79 Å². The number of carbonyl (C=O) groups is 2. The number of nitrogens with zero attached hydrogens (tertiary/aromatic N) is 1. The summed E-state index contributed by atoms with van der Waals surface area (Å²) in [7, 11) is 0. The number of carboxylic acid groups (broad SMARTS) is 1. The van der Waals surface area contributed by atoms with Crippen molar-refractivity contribution in [2.45, 2.75) is 51.7 Å². The minimum atomic E-state index is -0.992. The molecule has 1 amide bonds. The van der Waals surface area contributed by atoms with Gasteiger partial charge in [-0.05, 0) is 39.7 Å². The van der Waals surface area contributed by atoms with Crippen molar-refractivity contribution in [2.24, 2.45) is 0 Å². The minimum Gasteiger partial charge on any atom is -0.480 e. The highest BCUT2D eigenvalue weighted by Crippen LogP contribution is 2.34. The second-order valence-electron chi connectivity index (χ2n) is 6.76. The predicted octanol–water partition coefficient (Wildman–Crippen LogP) is 3.17. The Morgan fingerprint density at radius 2 is 1.82 bits per heavy atom. The van der Waals surface area contributed by atoms with Crippen LogP contribution in [0.15, 0.2) is 24.3 Å². The Bertz CT molecular complexity index is 559. The summed E-state index contributed by atoms with van der Waals surface area (Å²) >= 11 is 0. The number of carboxylic acids is 1. The quantitative estimate of drug-likeness (QED) is 0.911. The van der Waals surface area contributed by atoms with Crippen LogP contribution in [0.2, 0.25) is 0 Å². The van der Waals surface area contributed by atoms with E-state index in [1.54, 1.807) is 20.8 Å². The van der Waals surface area contributed by atoms with E-state index in [2.05, 4.69) is 0 Å². The van der Waals surface area contributed by atoms with Gasteiger partial charge in [0, 0.05) is 12.5 Å². The maximum atomic E-state index is 12.2. The van der Waals surface area contributed by atoms with E-state index in [-0.39, 0.29) is 5.92 Å². The van der Waals surface area contributed by atoms with Crippen LogP contribution in [-0.2, 0) is 9.53 Å². The van der Waals surface area contributed by atoms with E-state index in [1.807, 2.05) is 31.2 Å². The number of rotatable bonds is 2. The number of benzene rings is 1. The van der Waals surface area contributed by atoms with Gasteiger partial charge in [-0.25, -0.2) is 9.59 Å². The molecule has 0 aromatic heterocycles. The fourth-order valence-corrected chi connectivity index (χ4v) is 2.79. The molecule has 0 radical (unpaired) electrons. The first kappa shape index (κ1) is 16.3. The number of hydrogen-bond donors (Lipinski definition) is 1. The van der Waals surface area contributed by atoms with Gasteiger partial charge in [0.15, 0.2) is 0 Å². The normalized spacial score (nSPS) is 21.7. The van der Waals surface area contributed by atoms with E-state index >= 15 is 0 Å². The zero-order valence-corrected chi connectivity index (χ0v) is 13.5. The average molecular weight is 305 g/mol. The maximum absolute atomic E-state index is 12.2. The van der Waals surface area contributed by atoms with Crippen molar-refractivity contribution in [1.29, 1.82) is 0 Å². The van der Waals surface area contributed by atoms with E-state index in [0.29, 0.717) is 13.0 Å². The molecule has 0 saturated carbocycles. The van der Waals surface area contributed by atoms with E-state index in [0.717, 1.165) is 11.1 Å². The second kappa shape index (κ2) is 5.99. The van der Waals surface area contributed by atoms with Crippen molar-refractivity contribution in [3.05, 3.63) is 35.4 Å². The number of aryl methyl sites for hydroxylation is 1. The summed E-state index contributed by atoms with van der Waals surface area (Å²) in [5, 5.41) is 9.57. The van der Waals surface area contributed by atoms with Gasteiger partial charge in [-0.15, -0.1) is 0 Å². The van der Waals surface area contributed by atoms with Gasteiger partial charge in [-0.2, -0.15) is 0 Å². The van der Waals surface area contributed by atoms with Gasteiger partial charge in [-0.1, -0.05) is 29.8 Å². The molecule has 1 aliphatic heterocycles. The molecule has 5 nitrogen and oxygen atoms in total. The zero-order chi connectivity index (χ0) is 16.5. The summed E-state index contributed by atoms with van der Waals surface area (Å²) in [6, 6.07) is 6.93. The Balaban J connectivity index is 2.23. The third-order valence-corrected chi connectivity index (χ3v) is 3.78. The molecule has 1 heterocycles. The first-order valence-electron chi connectivity index (χ1n) is 7.48. The molecular weight excluding hydrogens is 282 g/mol. The molecule has 1 fully saturated rings. The van der Waals surface area contributed by atoms with Gasteiger partial charge in [-0.3, -0.25) is 4.90 Å². The van der Waals surface area contributed by atoms with Crippen LogP contribution in [0.5, 0.6) is 0 Å².